The molecule has 44 heavy (non-hydrogen) atoms. The summed E-state index contributed by atoms with van der Waals surface area (Å²) in [5.74, 6) is -4.15. The SMILES string of the molecule is CN(C)C[C@H]1CCn2cc(c3ccccc32)C2=C(C(=O)N(C(CCC(=O)O)C(=O)O)C2=O)c2cn(c3ccccc23)CCO1. The average Bonchev–Trinajstić information content (AvgIpc) is 3.60. The first-order chi connectivity index (χ1) is 21.2. The van der Waals surface area contributed by atoms with Gasteiger partial charge in [-0.2, -0.15) is 0 Å². The van der Waals surface area contributed by atoms with E-state index in [1.807, 2.05) is 79.6 Å². The molecule has 2 amide bonds. The Labute approximate surface area is 253 Å². The van der Waals surface area contributed by atoms with E-state index in [1.165, 1.54) is 0 Å². The van der Waals surface area contributed by atoms with Crippen LogP contribution in [0.15, 0.2) is 60.9 Å². The van der Waals surface area contributed by atoms with Gasteiger partial charge >= 0.3 is 11.9 Å². The Hall–Kier alpha value is -4.74. The summed E-state index contributed by atoms with van der Waals surface area (Å²) in [6, 6.07) is 13.5. The molecule has 2 aromatic heterocycles. The molecule has 0 radical (unpaired) electrons. The maximum atomic E-state index is 14.3. The van der Waals surface area contributed by atoms with Crippen LogP contribution in [0.2, 0.25) is 0 Å². The third-order valence-electron chi connectivity index (χ3n) is 8.41. The van der Waals surface area contributed by atoms with Crippen molar-refractivity contribution in [3.05, 3.63) is 72.1 Å². The van der Waals surface area contributed by atoms with Crippen molar-refractivity contribution >= 4 is 56.7 Å². The maximum absolute atomic E-state index is 14.3. The molecule has 4 heterocycles. The molecule has 1 unspecified atom stereocenters. The zero-order valence-electron chi connectivity index (χ0n) is 24.6. The molecule has 4 aromatic rings. The molecule has 0 saturated carbocycles. The number of carboxylic acids is 2. The highest BCUT2D eigenvalue weighted by Gasteiger charge is 2.47. The van der Waals surface area contributed by atoms with Gasteiger partial charge in [0.15, 0.2) is 0 Å². The van der Waals surface area contributed by atoms with Crippen molar-refractivity contribution in [2.75, 3.05) is 27.2 Å². The second kappa shape index (κ2) is 11.7. The molecule has 2 aromatic carbocycles. The Balaban J connectivity index is 1.60. The van der Waals surface area contributed by atoms with Crippen LogP contribution in [-0.4, -0.2) is 92.3 Å². The first-order valence-corrected chi connectivity index (χ1v) is 14.6. The maximum Gasteiger partial charge on any atom is 0.326 e. The lowest BCUT2D eigenvalue weighted by Crippen LogP contribution is -2.46. The molecule has 6 rings (SSSR count). The molecule has 0 fully saturated rings. The van der Waals surface area contributed by atoms with E-state index in [0.29, 0.717) is 37.2 Å². The molecule has 0 aliphatic carbocycles. The smallest absolute Gasteiger partial charge is 0.326 e. The summed E-state index contributed by atoms with van der Waals surface area (Å²) < 4.78 is 10.4. The van der Waals surface area contributed by atoms with Crippen molar-refractivity contribution in [3.8, 4) is 0 Å². The van der Waals surface area contributed by atoms with Gasteiger partial charge in [0, 0.05) is 71.4 Å². The lowest BCUT2D eigenvalue weighted by atomic mass is 9.95. The van der Waals surface area contributed by atoms with Gasteiger partial charge in [0.25, 0.3) is 11.8 Å². The van der Waals surface area contributed by atoms with Crippen LogP contribution in [0, 0.1) is 0 Å². The minimum Gasteiger partial charge on any atom is -0.481 e. The normalized spacial score (nSPS) is 18.2. The van der Waals surface area contributed by atoms with E-state index in [-0.39, 0.29) is 17.3 Å². The summed E-state index contributed by atoms with van der Waals surface area (Å²) >= 11 is 0. The molecule has 2 atom stereocenters. The van der Waals surface area contributed by atoms with E-state index in [1.54, 1.807) is 0 Å². The number of ether oxygens (including phenoxy) is 1. The average molecular weight is 599 g/mol. The molecule has 11 heteroatoms. The number of nitrogens with zero attached hydrogens (tertiary/aromatic N) is 4. The molecule has 2 aliphatic rings. The van der Waals surface area contributed by atoms with E-state index in [0.717, 1.165) is 33.3 Å². The van der Waals surface area contributed by atoms with E-state index < -0.39 is 42.6 Å². The van der Waals surface area contributed by atoms with Crippen molar-refractivity contribution in [1.29, 1.82) is 0 Å². The highest BCUT2D eigenvalue weighted by molar-refractivity contribution is 6.51. The van der Waals surface area contributed by atoms with Gasteiger partial charge < -0.3 is 29.0 Å². The van der Waals surface area contributed by atoms with E-state index in [9.17, 15) is 29.4 Å². The number of aliphatic carboxylic acids is 2. The molecule has 2 aliphatic heterocycles. The Morgan fingerprint density at radius 3 is 1.95 bits per heavy atom. The van der Waals surface area contributed by atoms with Crippen molar-refractivity contribution in [2.45, 2.75) is 44.5 Å². The topological polar surface area (TPSA) is 134 Å². The Morgan fingerprint density at radius 1 is 0.886 bits per heavy atom. The number of aryl methyl sites for hydroxylation is 1. The third kappa shape index (κ3) is 5.18. The predicted molar refractivity (Wildman–Crippen MR) is 164 cm³/mol. The molecule has 0 spiro atoms. The largest absolute Gasteiger partial charge is 0.481 e. The molecule has 11 nitrogen and oxygen atoms in total. The van der Waals surface area contributed by atoms with Gasteiger partial charge in [-0.1, -0.05) is 36.4 Å². The van der Waals surface area contributed by atoms with Crippen LogP contribution in [0.5, 0.6) is 0 Å². The highest BCUT2D eigenvalue weighted by atomic mass is 16.5. The van der Waals surface area contributed by atoms with Gasteiger partial charge in [-0.15, -0.1) is 0 Å². The van der Waals surface area contributed by atoms with E-state index >= 15 is 0 Å². The third-order valence-corrected chi connectivity index (χ3v) is 8.41. The van der Waals surface area contributed by atoms with E-state index in [2.05, 4.69) is 9.47 Å². The van der Waals surface area contributed by atoms with Crippen LogP contribution in [0.25, 0.3) is 33.0 Å². The number of carbonyl (C=O) groups excluding carboxylic acids is 2. The summed E-state index contributed by atoms with van der Waals surface area (Å²) in [5.41, 5.74) is 2.98. The molecule has 4 bridgehead atoms. The number of likely N-dealkylation sites (N-methyl/N-ethyl adjacent to an activating group) is 1. The van der Waals surface area contributed by atoms with Crippen LogP contribution in [0.4, 0.5) is 0 Å². The molecular weight excluding hydrogens is 564 g/mol. The number of carbonyl (C=O) groups is 4. The molecular formula is C33H34N4O7. The number of imide groups is 1. The fourth-order valence-electron chi connectivity index (χ4n) is 6.45. The second-order valence-corrected chi connectivity index (χ2v) is 11.6. The number of hydrogen-bond acceptors (Lipinski definition) is 6. The minimum absolute atomic E-state index is 0.0515. The number of benzene rings is 2. The van der Waals surface area contributed by atoms with Crippen molar-refractivity contribution < 1.29 is 34.1 Å². The van der Waals surface area contributed by atoms with Crippen LogP contribution >= 0.6 is 0 Å². The van der Waals surface area contributed by atoms with Crippen LogP contribution < -0.4 is 0 Å². The van der Waals surface area contributed by atoms with Gasteiger partial charge in [0.05, 0.1) is 23.9 Å². The van der Waals surface area contributed by atoms with Crippen LogP contribution in [0.3, 0.4) is 0 Å². The first-order valence-electron chi connectivity index (χ1n) is 14.6. The Bertz CT molecular complexity index is 1830. The number of carboxylic acid groups (broad SMARTS) is 2. The molecule has 0 saturated heterocycles. The van der Waals surface area contributed by atoms with E-state index in [4.69, 9.17) is 4.74 Å². The number of para-hydroxylation sites is 2. The fraction of sp³-hybridized carbons (Fsp3) is 0.333. The number of rotatable bonds is 7. The van der Waals surface area contributed by atoms with Gasteiger partial charge in [0.1, 0.15) is 6.04 Å². The summed E-state index contributed by atoms with van der Waals surface area (Å²) in [5, 5.41) is 20.9. The van der Waals surface area contributed by atoms with Crippen molar-refractivity contribution in [1.82, 2.24) is 18.9 Å². The van der Waals surface area contributed by atoms with Gasteiger partial charge in [-0.3, -0.25) is 19.3 Å². The number of aromatic nitrogens is 2. The summed E-state index contributed by atoms with van der Waals surface area (Å²) in [7, 11) is 4.01. The van der Waals surface area contributed by atoms with Crippen molar-refractivity contribution in [3.63, 3.8) is 0 Å². The van der Waals surface area contributed by atoms with Crippen LogP contribution in [0.1, 0.15) is 30.4 Å². The number of amides is 2. The van der Waals surface area contributed by atoms with Gasteiger partial charge in [0.2, 0.25) is 0 Å². The Morgan fingerprint density at radius 2 is 1.43 bits per heavy atom. The first kappa shape index (κ1) is 29.3. The summed E-state index contributed by atoms with van der Waals surface area (Å²) in [6.45, 7) is 2.25. The molecule has 2 N–H and O–H groups in total. The van der Waals surface area contributed by atoms with Crippen molar-refractivity contribution in [2.24, 2.45) is 0 Å². The fourth-order valence-corrected chi connectivity index (χ4v) is 6.45. The lowest BCUT2D eigenvalue weighted by Gasteiger charge is -2.22. The predicted octanol–water partition coefficient (Wildman–Crippen LogP) is 3.54. The second-order valence-electron chi connectivity index (χ2n) is 11.6. The number of fused-ring (bicyclic) bond motifs is 12. The van der Waals surface area contributed by atoms with Gasteiger partial charge in [-0.25, -0.2) is 4.79 Å². The van der Waals surface area contributed by atoms with Gasteiger partial charge in [-0.05, 0) is 39.1 Å². The molecule has 228 valence electrons. The number of hydrogen-bond donors (Lipinski definition) is 2. The zero-order chi connectivity index (χ0) is 31.1. The lowest BCUT2D eigenvalue weighted by molar-refractivity contribution is -0.154. The van der Waals surface area contributed by atoms with Crippen LogP contribution in [-0.2, 0) is 37.0 Å². The summed E-state index contributed by atoms with van der Waals surface area (Å²) in [4.78, 5) is 55.3. The highest BCUT2D eigenvalue weighted by Crippen LogP contribution is 2.43. The summed E-state index contributed by atoms with van der Waals surface area (Å²) in [6.07, 6.45) is 3.43. The zero-order valence-corrected chi connectivity index (χ0v) is 24.6. The quantitative estimate of drug-likeness (QED) is 0.309. The standard InChI is InChI=1S/C33H34N4O7/c1-34(2)17-20-13-14-35-18-23(21-7-3-5-9-25(21)35)29-30(24-19-36(15-16-44-20)26-10-6-4-8-22(24)26)32(41)37(31(29)40)27(33(42)43)11-12-28(38)39/h3-10,18-20,27H,11-17H2,1-2H3,(H,38,39)(H,42,43)/t20-,27?/m1/s1. The monoisotopic (exact) mass is 598 g/mol. The Kier molecular flexibility index (Phi) is 7.83. The minimum atomic E-state index is -1.64.